The molecule has 1 amide bonds. The van der Waals surface area contributed by atoms with Crippen molar-refractivity contribution in [2.24, 2.45) is 0 Å². The van der Waals surface area contributed by atoms with Crippen molar-refractivity contribution in [1.82, 2.24) is 20.1 Å². The second-order valence-corrected chi connectivity index (χ2v) is 9.32. The fourth-order valence-corrected chi connectivity index (χ4v) is 3.95. The van der Waals surface area contributed by atoms with E-state index in [4.69, 9.17) is 16.9 Å². The van der Waals surface area contributed by atoms with Crippen LogP contribution in [-0.4, -0.2) is 33.0 Å². The van der Waals surface area contributed by atoms with Crippen molar-refractivity contribution in [1.29, 1.82) is 5.26 Å². The lowest BCUT2D eigenvalue weighted by Gasteiger charge is -2.19. The summed E-state index contributed by atoms with van der Waals surface area (Å²) >= 11 is 7.76. The quantitative estimate of drug-likeness (QED) is 0.401. The van der Waals surface area contributed by atoms with Gasteiger partial charge in [0.2, 0.25) is 5.91 Å². The highest BCUT2D eigenvalue weighted by molar-refractivity contribution is 7.99. The van der Waals surface area contributed by atoms with Gasteiger partial charge in [-0.2, -0.15) is 5.26 Å². The molecule has 1 aromatic heterocycles. The molecule has 1 N–H and O–H groups in total. The van der Waals surface area contributed by atoms with Crippen molar-refractivity contribution in [3.05, 3.63) is 59.1 Å². The Morgan fingerprint density at radius 1 is 1.16 bits per heavy atom. The molecule has 8 heteroatoms. The molecule has 0 saturated heterocycles. The van der Waals surface area contributed by atoms with Crippen LogP contribution in [0.2, 0.25) is 5.02 Å². The molecule has 0 saturated carbocycles. The van der Waals surface area contributed by atoms with Gasteiger partial charge in [0.05, 0.1) is 29.0 Å². The number of nitriles is 1. The Kier molecular flexibility index (Phi) is 7.37. The van der Waals surface area contributed by atoms with Crippen molar-refractivity contribution in [2.75, 3.05) is 12.3 Å². The van der Waals surface area contributed by atoms with Crippen molar-refractivity contribution >= 4 is 29.3 Å². The van der Waals surface area contributed by atoms with E-state index in [2.05, 4.69) is 48.4 Å². The number of aromatic nitrogens is 3. The summed E-state index contributed by atoms with van der Waals surface area (Å²) in [6, 6.07) is 17.7. The van der Waals surface area contributed by atoms with Crippen molar-refractivity contribution < 1.29 is 4.79 Å². The number of halogens is 1. The third kappa shape index (κ3) is 5.66. The van der Waals surface area contributed by atoms with E-state index in [9.17, 15) is 4.79 Å². The van der Waals surface area contributed by atoms with Gasteiger partial charge < -0.3 is 5.32 Å². The summed E-state index contributed by atoms with van der Waals surface area (Å²) in [6.07, 6.45) is 0.279. The molecule has 160 valence electrons. The SMILES string of the molecule is CC(C)(C)c1ccc(-c2nnc(SCC(=O)NCCC#N)n2-c2ccccc2Cl)cc1. The van der Waals surface area contributed by atoms with E-state index in [1.165, 1.54) is 17.3 Å². The molecule has 0 aliphatic carbocycles. The van der Waals surface area contributed by atoms with Gasteiger partial charge >= 0.3 is 0 Å². The van der Waals surface area contributed by atoms with E-state index >= 15 is 0 Å². The predicted molar refractivity (Wildman–Crippen MR) is 124 cm³/mol. The van der Waals surface area contributed by atoms with Gasteiger partial charge in [-0.25, -0.2) is 0 Å². The number of hydrogen-bond acceptors (Lipinski definition) is 5. The van der Waals surface area contributed by atoms with Crippen LogP contribution in [0.5, 0.6) is 0 Å². The maximum Gasteiger partial charge on any atom is 0.230 e. The lowest BCUT2D eigenvalue weighted by atomic mass is 9.87. The third-order valence-electron chi connectivity index (χ3n) is 4.63. The zero-order chi connectivity index (χ0) is 22.4. The fraction of sp³-hybridized carbons (Fsp3) is 0.304. The summed E-state index contributed by atoms with van der Waals surface area (Å²) in [7, 11) is 0. The Balaban J connectivity index is 1.94. The highest BCUT2D eigenvalue weighted by Crippen LogP contribution is 2.32. The van der Waals surface area contributed by atoms with E-state index in [0.29, 0.717) is 22.5 Å². The van der Waals surface area contributed by atoms with Crippen LogP contribution in [0.1, 0.15) is 32.8 Å². The highest BCUT2D eigenvalue weighted by Gasteiger charge is 2.20. The van der Waals surface area contributed by atoms with Gasteiger partial charge in [0.15, 0.2) is 11.0 Å². The minimum Gasteiger partial charge on any atom is -0.354 e. The number of para-hydroxylation sites is 1. The number of carbonyl (C=O) groups excluding carboxylic acids is 1. The minimum atomic E-state index is -0.162. The van der Waals surface area contributed by atoms with Crippen LogP contribution in [-0.2, 0) is 10.2 Å². The molecule has 3 rings (SSSR count). The molecule has 3 aromatic rings. The van der Waals surface area contributed by atoms with E-state index < -0.39 is 0 Å². The molecule has 0 aliphatic rings. The molecule has 31 heavy (non-hydrogen) atoms. The molecular weight excluding hydrogens is 430 g/mol. The second-order valence-electron chi connectivity index (χ2n) is 7.97. The van der Waals surface area contributed by atoms with Crippen LogP contribution in [0.25, 0.3) is 17.1 Å². The molecule has 0 fully saturated rings. The van der Waals surface area contributed by atoms with Gasteiger partial charge in [-0.3, -0.25) is 9.36 Å². The standard InChI is InChI=1S/C23H24ClN5OS/c1-23(2,3)17-11-9-16(10-12-17)21-27-28-22(31-15-20(30)26-14-6-13-25)29(21)19-8-5-4-7-18(19)24/h4-5,7-12H,6,14-15H2,1-3H3,(H,26,30). The molecule has 0 unspecified atom stereocenters. The maximum atomic E-state index is 12.1. The predicted octanol–water partition coefficient (Wildman–Crippen LogP) is 5.01. The molecule has 0 radical (unpaired) electrons. The first-order valence-corrected chi connectivity index (χ1v) is 11.3. The normalized spacial score (nSPS) is 11.2. The summed E-state index contributed by atoms with van der Waals surface area (Å²) in [5.74, 6) is 0.655. The molecule has 0 aliphatic heterocycles. The van der Waals surface area contributed by atoms with E-state index in [-0.39, 0.29) is 23.5 Å². The Labute approximate surface area is 191 Å². The Morgan fingerprint density at radius 3 is 2.52 bits per heavy atom. The number of nitrogens with zero attached hydrogens (tertiary/aromatic N) is 4. The summed E-state index contributed by atoms with van der Waals surface area (Å²) in [5, 5.41) is 21.2. The summed E-state index contributed by atoms with van der Waals surface area (Å²) in [6.45, 7) is 6.85. The molecule has 6 nitrogen and oxygen atoms in total. The van der Waals surface area contributed by atoms with Crippen LogP contribution in [0, 0.1) is 11.3 Å². The summed E-state index contributed by atoms with van der Waals surface area (Å²) in [4.78, 5) is 12.1. The molecule has 0 bridgehead atoms. The van der Waals surface area contributed by atoms with Crippen LogP contribution < -0.4 is 5.32 Å². The number of rotatable bonds is 7. The lowest BCUT2D eigenvalue weighted by Crippen LogP contribution is -2.26. The maximum absolute atomic E-state index is 12.1. The molecule has 2 aromatic carbocycles. The van der Waals surface area contributed by atoms with Gasteiger partial charge in [-0.1, -0.05) is 80.5 Å². The third-order valence-corrected chi connectivity index (χ3v) is 5.88. The molecule has 1 heterocycles. The smallest absolute Gasteiger partial charge is 0.230 e. The lowest BCUT2D eigenvalue weighted by molar-refractivity contribution is -0.118. The number of thioether (sulfide) groups is 1. The van der Waals surface area contributed by atoms with E-state index in [1.807, 2.05) is 47.0 Å². The van der Waals surface area contributed by atoms with Gasteiger partial charge in [-0.05, 0) is 23.1 Å². The zero-order valence-electron chi connectivity index (χ0n) is 17.7. The number of hydrogen-bond donors (Lipinski definition) is 1. The number of amides is 1. The van der Waals surface area contributed by atoms with Crippen molar-refractivity contribution in [3.63, 3.8) is 0 Å². The molecule has 0 atom stereocenters. The van der Waals surface area contributed by atoms with Gasteiger partial charge in [0.25, 0.3) is 0 Å². The topological polar surface area (TPSA) is 83.6 Å². The van der Waals surface area contributed by atoms with E-state index in [0.717, 1.165) is 11.3 Å². The monoisotopic (exact) mass is 453 g/mol. The first-order valence-electron chi connectivity index (χ1n) is 9.89. The number of carbonyl (C=O) groups is 1. The Morgan fingerprint density at radius 2 is 1.87 bits per heavy atom. The van der Waals surface area contributed by atoms with Gasteiger partial charge in [0.1, 0.15) is 0 Å². The highest BCUT2D eigenvalue weighted by atomic mass is 35.5. The van der Waals surface area contributed by atoms with E-state index in [1.54, 1.807) is 0 Å². The molecule has 0 spiro atoms. The van der Waals surface area contributed by atoms with Gasteiger partial charge in [0, 0.05) is 12.1 Å². The first-order chi connectivity index (χ1) is 14.8. The Bertz CT molecular complexity index is 1100. The number of benzene rings is 2. The van der Waals surface area contributed by atoms with Crippen LogP contribution in [0.15, 0.2) is 53.7 Å². The zero-order valence-corrected chi connectivity index (χ0v) is 19.3. The first kappa shape index (κ1) is 22.9. The van der Waals surface area contributed by atoms with Crippen LogP contribution >= 0.6 is 23.4 Å². The Hall–Kier alpha value is -2.82. The fourth-order valence-electron chi connectivity index (χ4n) is 2.96. The van der Waals surface area contributed by atoms with Gasteiger partial charge in [-0.15, -0.1) is 10.2 Å². The largest absolute Gasteiger partial charge is 0.354 e. The van der Waals surface area contributed by atoms with Crippen LogP contribution in [0.3, 0.4) is 0 Å². The average Bonchev–Trinajstić information content (AvgIpc) is 3.16. The summed E-state index contributed by atoms with van der Waals surface area (Å²) < 4.78 is 1.88. The average molecular weight is 454 g/mol. The summed E-state index contributed by atoms with van der Waals surface area (Å²) in [5.41, 5.74) is 2.93. The molecular formula is C23H24ClN5OS. The minimum absolute atomic E-state index is 0.0505. The van der Waals surface area contributed by atoms with Crippen molar-refractivity contribution in [3.8, 4) is 23.1 Å². The van der Waals surface area contributed by atoms with Crippen LogP contribution in [0.4, 0.5) is 0 Å². The second kappa shape index (κ2) is 9.99. The van der Waals surface area contributed by atoms with Crippen molar-refractivity contribution in [2.45, 2.75) is 37.8 Å². The number of nitrogens with one attached hydrogen (secondary N) is 1.